The van der Waals surface area contributed by atoms with Crippen molar-refractivity contribution in [2.24, 2.45) is 5.41 Å². The Labute approximate surface area is 98.7 Å². The van der Waals surface area contributed by atoms with Gasteiger partial charge < -0.3 is 9.84 Å². The van der Waals surface area contributed by atoms with E-state index < -0.39 is 0 Å². The lowest BCUT2D eigenvalue weighted by atomic mass is 9.90. The summed E-state index contributed by atoms with van der Waals surface area (Å²) in [6.07, 6.45) is 10.4. The summed E-state index contributed by atoms with van der Waals surface area (Å²) in [7, 11) is 1.80. The van der Waals surface area contributed by atoms with Gasteiger partial charge in [-0.2, -0.15) is 0 Å². The summed E-state index contributed by atoms with van der Waals surface area (Å²) >= 11 is 0. The van der Waals surface area contributed by atoms with Gasteiger partial charge in [0.25, 0.3) is 0 Å². The second kappa shape index (κ2) is 4.89. The molecule has 0 spiro atoms. The van der Waals surface area contributed by atoms with Crippen molar-refractivity contribution in [2.45, 2.75) is 64.1 Å². The average molecular weight is 224 g/mol. The van der Waals surface area contributed by atoms with E-state index in [0.29, 0.717) is 6.10 Å². The van der Waals surface area contributed by atoms with Crippen LogP contribution in [0.2, 0.25) is 0 Å². The summed E-state index contributed by atoms with van der Waals surface area (Å²) in [4.78, 5) is 0. The first-order chi connectivity index (χ1) is 7.64. The van der Waals surface area contributed by atoms with E-state index >= 15 is 0 Å². The van der Waals surface area contributed by atoms with Gasteiger partial charge in [0, 0.05) is 7.11 Å². The van der Waals surface area contributed by atoms with Crippen LogP contribution in [0.1, 0.15) is 51.9 Å². The van der Waals surface area contributed by atoms with E-state index in [9.17, 15) is 5.11 Å². The Balaban J connectivity index is 1.75. The first-order valence-corrected chi connectivity index (χ1v) is 6.53. The molecule has 2 nitrogen and oxygen atoms in total. The van der Waals surface area contributed by atoms with Crippen LogP contribution in [0, 0.1) is 5.41 Å². The van der Waals surface area contributed by atoms with E-state index in [4.69, 9.17) is 4.74 Å². The third-order valence-electron chi connectivity index (χ3n) is 4.33. The lowest BCUT2D eigenvalue weighted by molar-refractivity contribution is 0.0835. The number of hydrogen-bond donors (Lipinski definition) is 1. The molecule has 2 atom stereocenters. The van der Waals surface area contributed by atoms with Gasteiger partial charge >= 0.3 is 0 Å². The number of ether oxygens (including phenoxy) is 1. The van der Waals surface area contributed by atoms with Gasteiger partial charge in [-0.1, -0.05) is 18.6 Å². The van der Waals surface area contributed by atoms with Crippen molar-refractivity contribution in [3.63, 3.8) is 0 Å². The number of aliphatic hydroxyl groups excluding tert-OH is 1. The minimum atomic E-state index is -0.101. The Kier molecular flexibility index (Phi) is 3.70. The molecule has 0 aromatic carbocycles. The van der Waals surface area contributed by atoms with Crippen LogP contribution >= 0.6 is 0 Å². The first kappa shape index (κ1) is 12.1. The van der Waals surface area contributed by atoms with Crippen molar-refractivity contribution in [1.29, 1.82) is 0 Å². The quantitative estimate of drug-likeness (QED) is 0.727. The zero-order valence-corrected chi connectivity index (χ0v) is 10.5. The highest BCUT2D eigenvalue weighted by molar-refractivity contribution is 5.08. The highest BCUT2D eigenvalue weighted by atomic mass is 16.5. The van der Waals surface area contributed by atoms with Gasteiger partial charge in [0.2, 0.25) is 0 Å². The van der Waals surface area contributed by atoms with E-state index in [1.807, 2.05) is 0 Å². The molecular weight excluding hydrogens is 200 g/mol. The summed E-state index contributed by atoms with van der Waals surface area (Å²) < 4.78 is 5.40. The van der Waals surface area contributed by atoms with Crippen LogP contribution in [0.25, 0.3) is 0 Å². The van der Waals surface area contributed by atoms with E-state index in [2.05, 4.69) is 13.0 Å². The number of rotatable bonds is 5. The molecule has 2 rings (SSSR count). The first-order valence-electron chi connectivity index (χ1n) is 6.53. The molecular formula is C14H24O2. The molecule has 0 bridgehead atoms. The smallest absolute Gasteiger partial charge is 0.0611 e. The van der Waals surface area contributed by atoms with Crippen molar-refractivity contribution in [3.05, 3.63) is 11.6 Å². The molecule has 2 aliphatic rings. The van der Waals surface area contributed by atoms with E-state index in [0.717, 1.165) is 32.1 Å². The standard InChI is InChI=1S/C14H24O2/c1-14(8-9-14)13(15)7-6-11-4-3-5-12(10-11)16-2/h4,12-13,15H,3,5-10H2,1-2H3. The monoisotopic (exact) mass is 224 g/mol. The van der Waals surface area contributed by atoms with Gasteiger partial charge in [0.05, 0.1) is 12.2 Å². The van der Waals surface area contributed by atoms with Gasteiger partial charge in [0.15, 0.2) is 0 Å². The van der Waals surface area contributed by atoms with Gasteiger partial charge in [-0.3, -0.25) is 0 Å². The Bertz CT molecular complexity index is 266. The van der Waals surface area contributed by atoms with Crippen molar-refractivity contribution in [3.8, 4) is 0 Å². The maximum Gasteiger partial charge on any atom is 0.0611 e. The molecule has 1 fully saturated rings. The molecule has 2 heteroatoms. The SMILES string of the molecule is COC1CCC=C(CCC(O)C2(C)CC2)C1. The summed E-state index contributed by atoms with van der Waals surface area (Å²) in [5.74, 6) is 0. The largest absolute Gasteiger partial charge is 0.393 e. The van der Waals surface area contributed by atoms with Crippen LogP contribution in [0.15, 0.2) is 11.6 Å². The third kappa shape index (κ3) is 2.86. The third-order valence-corrected chi connectivity index (χ3v) is 4.33. The zero-order valence-electron chi connectivity index (χ0n) is 10.5. The van der Waals surface area contributed by atoms with Crippen LogP contribution in [-0.4, -0.2) is 24.4 Å². The summed E-state index contributed by atoms with van der Waals surface area (Å²) in [6, 6.07) is 0. The predicted molar refractivity (Wildman–Crippen MR) is 65.3 cm³/mol. The second-order valence-corrected chi connectivity index (χ2v) is 5.71. The molecule has 0 aromatic rings. The molecule has 0 aliphatic heterocycles. The molecule has 0 aromatic heterocycles. The lowest BCUT2D eigenvalue weighted by Gasteiger charge is -2.23. The molecule has 16 heavy (non-hydrogen) atoms. The number of aliphatic hydroxyl groups is 1. The maximum atomic E-state index is 10.0. The van der Waals surface area contributed by atoms with Crippen molar-refractivity contribution < 1.29 is 9.84 Å². The predicted octanol–water partition coefficient (Wildman–Crippen LogP) is 3.05. The lowest BCUT2D eigenvalue weighted by Crippen LogP contribution is -2.20. The van der Waals surface area contributed by atoms with E-state index in [1.54, 1.807) is 7.11 Å². The topological polar surface area (TPSA) is 29.5 Å². The summed E-state index contributed by atoms with van der Waals surface area (Å²) in [5, 5.41) is 10.0. The van der Waals surface area contributed by atoms with Crippen molar-refractivity contribution in [2.75, 3.05) is 7.11 Å². The molecule has 1 saturated carbocycles. The Morgan fingerprint density at radius 2 is 2.31 bits per heavy atom. The Morgan fingerprint density at radius 1 is 1.56 bits per heavy atom. The van der Waals surface area contributed by atoms with Gasteiger partial charge in [-0.25, -0.2) is 0 Å². The molecule has 2 aliphatic carbocycles. The minimum absolute atomic E-state index is 0.101. The normalized spacial score (nSPS) is 29.7. The van der Waals surface area contributed by atoms with Crippen molar-refractivity contribution >= 4 is 0 Å². The molecule has 92 valence electrons. The molecule has 0 saturated heterocycles. The molecule has 2 unspecified atom stereocenters. The van der Waals surface area contributed by atoms with Gasteiger partial charge in [-0.05, 0) is 50.4 Å². The number of allylic oxidation sites excluding steroid dienone is 1. The molecule has 1 N–H and O–H groups in total. The Hall–Kier alpha value is -0.340. The Morgan fingerprint density at radius 3 is 2.94 bits per heavy atom. The van der Waals surface area contributed by atoms with Crippen LogP contribution in [-0.2, 0) is 4.74 Å². The van der Waals surface area contributed by atoms with Crippen molar-refractivity contribution in [1.82, 2.24) is 0 Å². The fraction of sp³-hybridized carbons (Fsp3) is 0.857. The number of hydrogen-bond acceptors (Lipinski definition) is 2. The fourth-order valence-electron chi connectivity index (χ4n) is 2.56. The summed E-state index contributed by atoms with van der Waals surface area (Å²) in [6.45, 7) is 2.20. The van der Waals surface area contributed by atoms with Crippen LogP contribution in [0.5, 0.6) is 0 Å². The van der Waals surface area contributed by atoms with E-state index in [-0.39, 0.29) is 11.5 Å². The second-order valence-electron chi connectivity index (χ2n) is 5.71. The number of methoxy groups -OCH3 is 1. The zero-order chi connectivity index (χ0) is 11.6. The van der Waals surface area contributed by atoms with Crippen LogP contribution in [0.4, 0.5) is 0 Å². The van der Waals surface area contributed by atoms with E-state index in [1.165, 1.54) is 18.4 Å². The average Bonchev–Trinajstić information content (AvgIpc) is 3.06. The molecule has 0 heterocycles. The molecule has 0 radical (unpaired) electrons. The molecule has 0 amide bonds. The highest BCUT2D eigenvalue weighted by Gasteiger charge is 2.43. The van der Waals surface area contributed by atoms with Crippen LogP contribution < -0.4 is 0 Å². The summed E-state index contributed by atoms with van der Waals surface area (Å²) in [5.41, 5.74) is 1.73. The van der Waals surface area contributed by atoms with Gasteiger partial charge in [-0.15, -0.1) is 0 Å². The maximum absolute atomic E-state index is 10.0. The van der Waals surface area contributed by atoms with Crippen LogP contribution in [0.3, 0.4) is 0 Å². The van der Waals surface area contributed by atoms with Gasteiger partial charge in [0.1, 0.15) is 0 Å². The minimum Gasteiger partial charge on any atom is -0.393 e. The highest BCUT2D eigenvalue weighted by Crippen LogP contribution is 2.49. The fourth-order valence-corrected chi connectivity index (χ4v) is 2.56.